The van der Waals surface area contributed by atoms with Gasteiger partial charge in [0.25, 0.3) is 0 Å². The molecule has 1 unspecified atom stereocenters. The molecule has 0 spiro atoms. The molecule has 5 heteroatoms. The van der Waals surface area contributed by atoms with Crippen LogP contribution in [0.5, 0.6) is 0 Å². The first-order valence-corrected chi connectivity index (χ1v) is 6.45. The fourth-order valence-electron chi connectivity index (χ4n) is 2.41. The number of pyridine rings is 1. The lowest BCUT2D eigenvalue weighted by Crippen LogP contribution is -2.04. The molecule has 0 bridgehead atoms. The Balaban J connectivity index is 2.07. The third-order valence-electron chi connectivity index (χ3n) is 3.34. The van der Waals surface area contributed by atoms with Gasteiger partial charge in [0.1, 0.15) is 5.82 Å². The first-order chi connectivity index (χ1) is 9.16. The van der Waals surface area contributed by atoms with Crippen LogP contribution in [0, 0.1) is 0 Å². The Labute approximate surface area is 115 Å². The van der Waals surface area contributed by atoms with E-state index in [1.54, 1.807) is 6.07 Å². The van der Waals surface area contributed by atoms with Gasteiger partial charge in [0, 0.05) is 29.6 Å². The van der Waals surface area contributed by atoms with E-state index in [4.69, 9.17) is 17.3 Å². The smallest absolute Gasteiger partial charge is 0.156 e. The van der Waals surface area contributed by atoms with Gasteiger partial charge in [0.05, 0.1) is 5.02 Å². The number of halogens is 2. The van der Waals surface area contributed by atoms with Crippen molar-refractivity contribution >= 4 is 23.1 Å². The number of nitrogens with zero attached hydrogens (tertiary/aromatic N) is 1. The predicted molar refractivity (Wildman–Crippen MR) is 75.2 cm³/mol. The summed E-state index contributed by atoms with van der Waals surface area (Å²) in [6.07, 6.45) is 1.01. The summed E-state index contributed by atoms with van der Waals surface area (Å²) in [5.41, 5.74) is 8.65. The van der Waals surface area contributed by atoms with Gasteiger partial charge in [-0.2, -0.15) is 0 Å². The third-order valence-corrected chi connectivity index (χ3v) is 3.55. The number of aromatic nitrogens is 1. The highest BCUT2D eigenvalue weighted by Gasteiger charge is 2.23. The van der Waals surface area contributed by atoms with Crippen LogP contribution in [0.1, 0.15) is 22.9 Å². The lowest BCUT2D eigenvalue weighted by molar-refractivity contribution is 0.403. The molecule has 1 aromatic heterocycles. The van der Waals surface area contributed by atoms with Crippen LogP contribution in [0.25, 0.3) is 0 Å². The molecule has 2 aromatic rings. The molecule has 0 saturated heterocycles. The quantitative estimate of drug-likeness (QED) is 0.885. The largest absolute Gasteiger partial charge is 0.384 e. The number of hydrogen-bond acceptors (Lipinski definition) is 3. The topological polar surface area (TPSA) is 50.9 Å². The normalized spacial score (nSPS) is 14.8. The summed E-state index contributed by atoms with van der Waals surface area (Å²) in [6.45, 7) is 0.836. The first kappa shape index (κ1) is 12.2. The number of fused-ring (bicyclic) bond motifs is 1. The van der Waals surface area contributed by atoms with E-state index in [1.165, 1.54) is 12.3 Å². The summed E-state index contributed by atoms with van der Waals surface area (Å²) in [4.78, 5) is 3.90. The van der Waals surface area contributed by atoms with Crippen molar-refractivity contribution < 1.29 is 4.39 Å². The Hall–Kier alpha value is -1.81. The highest BCUT2D eigenvalue weighted by Crippen LogP contribution is 2.38. The van der Waals surface area contributed by atoms with Crippen molar-refractivity contribution in [1.29, 1.82) is 0 Å². The molecule has 0 fully saturated rings. The molecule has 3 N–H and O–H groups in total. The van der Waals surface area contributed by atoms with Crippen LogP contribution in [-0.2, 0) is 6.42 Å². The van der Waals surface area contributed by atoms with Crippen molar-refractivity contribution in [1.82, 2.24) is 4.98 Å². The Morgan fingerprint density at radius 1 is 1.37 bits per heavy atom. The molecule has 3 nitrogen and oxygen atoms in total. The van der Waals surface area contributed by atoms with E-state index in [0.29, 0.717) is 16.1 Å². The van der Waals surface area contributed by atoms with Gasteiger partial charge in [0.2, 0.25) is 0 Å². The third kappa shape index (κ3) is 2.12. The van der Waals surface area contributed by atoms with Crippen molar-refractivity contribution in [2.24, 2.45) is 0 Å². The molecule has 0 aliphatic carbocycles. The summed E-state index contributed by atoms with van der Waals surface area (Å²) >= 11 is 5.87. The van der Waals surface area contributed by atoms with E-state index in [-0.39, 0.29) is 5.82 Å². The van der Waals surface area contributed by atoms with Gasteiger partial charge in [-0.1, -0.05) is 29.8 Å². The van der Waals surface area contributed by atoms with E-state index < -0.39 is 6.17 Å². The summed E-state index contributed by atoms with van der Waals surface area (Å²) < 4.78 is 14.7. The lowest BCUT2D eigenvalue weighted by atomic mass is 9.99. The van der Waals surface area contributed by atoms with Crippen LogP contribution < -0.4 is 11.1 Å². The monoisotopic (exact) mass is 277 g/mol. The Morgan fingerprint density at radius 3 is 3.05 bits per heavy atom. The number of hydrogen-bond donors (Lipinski definition) is 2. The maximum absolute atomic E-state index is 14.7. The second-order valence-corrected chi connectivity index (χ2v) is 4.99. The van der Waals surface area contributed by atoms with Gasteiger partial charge in [-0.15, -0.1) is 0 Å². The van der Waals surface area contributed by atoms with E-state index >= 15 is 0 Å². The van der Waals surface area contributed by atoms with Crippen LogP contribution in [-0.4, -0.2) is 11.5 Å². The highest BCUT2D eigenvalue weighted by atomic mass is 35.5. The van der Waals surface area contributed by atoms with Crippen LogP contribution in [0.4, 0.5) is 15.9 Å². The Kier molecular flexibility index (Phi) is 3.03. The van der Waals surface area contributed by atoms with Crippen LogP contribution in [0.3, 0.4) is 0 Å². The molecule has 0 saturated carbocycles. The highest BCUT2D eigenvalue weighted by molar-refractivity contribution is 6.30. The standard InChI is InChI=1S/C14H13ClFN3/c15-9-6-11(14(17)19-7-9)12(16)10-3-1-2-8-4-5-18-13(8)10/h1-3,6-7,12,18H,4-5H2,(H2,17,19). The van der Waals surface area contributed by atoms with Gasteiger partial charge < -0.3 is 11.1 Å². The molecule has 3 rings (SSSR count). The Bertz CT molecular complexity index is 630. The predicted octanol–water partition coefficient (Wildman–Crippen LogP) is 3.34. The second-order valence-electron chi connectivity index (χ2n) is 4.55. The molecule has 19 heavy (non-hydrogen) atoms. The van der Waals surface area contributed by atoms with E-state index in [0.717, 1.165) is 24.2 Å². The van der Waals surface area contributed by atoms with Gasteiger partial charge >= 0.3 is 0 Å². The maximum Gasteiger partial charge on any atom is 0.156 e. The van der Waals surface area contributed by atoms with Crippen molar-refractivity contribution in [3.8, 4) is 0 Å². The van der Waals surface area contributed by atoms with Crippen LogP contribution in [0.15, 0.2) is 30.5 Å². The SMILES string of the molecule is Nc1ncc(Cl)cc1C(F)c1cccc2c1NCC2. The number of benzene rings is 1. The molecule has 1 atom stereocenters. The average molecular weight is 278 g/mol. The summed E-state index contributed by atoms with van der Waals surface area (Å²) in [7, 11) is 0. The minimum absolute atomic E-state index is 0.174. The molecule has 2 heterocycles. The fourth-order valence-corrected chi connectivity index (χ4v) is 2.58. The zero-order chi connectivity index (χ0) is 13.4. The molecule has 98 valence electrons. The van der Waals surface area contributed by atoms with Gasteiger partial charge in [-0.25, -0.2) is 9.37 Å². The van der Waals surface area contributed by atoms with Crippen LogP contribution >= 0.6 is 11.6 Å². The first-order valence-electron chi connectivity index (χ1n) is 6.07. The Morgan fingerprint density at radius 2 is 2.21 bits per heavy atom. The number of nitrogens with one attached hydrogen (secondary N) is 1. The van der Waals surface area contributed by atoms with Crippen LogP contribution in [0.2, 0.25) is 5.02 Å². The van der Waals surface area contributed by atoms with Crippen molar-refractivity contribution in [2.45, 2.75) is 12.6 Å². The maximum atomic E-state index is 14.7. The zero-order valence-electron chi connectivity index (χ0n) is 10.2. The number of alkyl halides is 1. The van der Waals surface area contributed by atoms with Crippen molar-refractivity contribution in [2.75, 3.05) is 17.6 Å². The van der Waals surface area contributed by atoms with E-state index in [9.17, 15) is 4.39 Å². The van der Waals surface area contributed by atoms with Gasteiger partial charge in [0.15, 0.2) is 6.17 Å². The van der Waals surface area contributed by atoms with E-state index in [1.807, 2.05) is 12.1 Å². The van der Waals surface area contributed by atoms with Gasteiger partial charge in [-0.3, -0.25) is 0 Å². The van der Waals surface area contributed by atoms with Crippen molar-refractivity contribution in [3.05, 3.63) is 52.2 Å². The minimum Gasteiger partial charge on any atom is -0.384 e. The molecule has 1 aromatic carbocycles. The molecule has 1 aliphatic heterocycles. The fraction of sp³-hybridized carbons (Fsp3) is 0.214. The summed E-state index contributed by atoms with van der Waals surface area (Å²) in [6, 6.07) is 7.16. The van der Waals surface area contributed by atoms with E-state index in [2.05, 4.69) is 10.3 Å². The number of anilines is 2. The summed E-state index contributed by atoms with van der Waals surface area (Å²) in [5, 5.41) is 3.60. The molecular formula is C14H13ClFN3. The van der Waals surface area contributed by atoms with Crippen molar-refractivity contribution in [3.63, 3.8) is 0 Å². The molecular weight excluding hydrogens is 265 g/mol. The zero-order valence-corrected chi connectivity index (χ0v) is 10.9. The second kappa shape index (κ2) is 4.70. The lowest BCUT2D eigenvalue weighted by Gasteiger charge is -2.15. The molecule has 0 radical (unpaired) electrons. The minimum atomic E-state index is -1.33. The average Bonchev–Trinajstić information content (AvgIpc) is 2.89. The number of nitrogens with two attached hydrogens (primary N) is 1. The summed E-state index contributed by atoms with van der Waals surface area (Å²) in [5.74, 6) is 0.174. The number of para-hydroxylation sites is 1. The molecule has 1 aliphatic rings. The number of rotatable bonds is 2. The number of nitrogen functional groups attached to an aromatic ring is 1. The molecule has 0 amide bonds. The van der Waals surface area contributed by atoms with Gasteiger partial charge in [-0.05, 0) is 18.1 Å².